The van der Waals surface area contributed by atoms with Crippen LogP contribution in [0.15, 0.2) is 24.3 Å². The van der Waals surface area contributed by atoms with Crippen LogP contribution in [0.5, 0.6) is 5.75 Å². The molecule has 1 aromatic rings. The van der Waals surface area contributed by atoms with Crippen LogP contribution in [0, 0.1) is 17.2 Å². The van der Waals surface area contributed by atoms with E-state index in [9.17, 15) is 14.9 Å². The zero-order valence-corrected chi connectivity index (χ0v) is 14.1. The van der Waals surface area contributed by atoms with Gasteiger partial charge in [-0.05, 0) is 37.0 Å². The number of carbonyl (C=O) groups is 2. The number of rotatable bonds is 7. The number of Topliss-reactive ketones (excluding diaryl/α,β-unsaturated/α-hetero) is 1. The van der Waals surface area contributed by atoms with Crippen molar-refractivity contribution in [3.63, 3.8) is 0 Å². The van der Waals surface area contributed by atoms with Crippen LogP contribution >= 0.6 is 0 Å². The van der Waals surface area contributed by atoms with Crippen LogP contribution in [-0.4, -0.2) is 24.8 Å². The molecule has 5 heteroatoms. The van der Waals surface area contributed by atoms with E-state index in [0.717, 1.165) is 37.0 Å². The van der Waals surface area contributed by atoms with Gasteiger partial charge in [-0.25, -0.2) is 0 Å². The summed E-state index contributed by atoms with van der Waals surface area (Å²) in [5.41, 5.74) is 0.980. The number of ether oxygens (including phenoxy) is 1. The summed E-state index contributed by atoms with van der Waals surface area (Å²) in [6.07, 6.45) is 5.93. The molecule has 0 aromatic heterocycles. The van der Waals surface area contributed by atoms with E-state index >= 15 is 0 Å². The fourth-order valence-electron chi connectivity index (χ4n) is 3.01. The lowest BCUT2D eigenvalue weighted by Gasteiger charge is -2.23. The Kier molecular flexibility index (Phi) is 6.80. The lowest BCUT2D eigenvalue weighted by atomic mass is 9.93. The molecule has 0 heterocycles. The van der Waals surface area contributed by atoms with E-state index in [2.05, 4.69) is 5.32 Å². The Morgan fingerprint density at radius 1 is 1.25 bits per heavy atom. The Labute approximate surface area is 143 Å². The summed E-state index contributed by atoms with van der Waals surface area (Å²) in [6.45, 7) is 0. The lowest BCUT2D eigenvalue weighted by molar-refractivity contribution is -0.132. The van der Waals surface area contributed by atoms with Crippen molar-refractivity contribution in [3.05, 3.63) is 29.8 Å². The second-order valence-electron chi connectivity index (χ2n) is 6.22. The fourth-order valence-corrected chi connectivity index (χ4v) is 3.01. The second-order valence-corrected chi connectivity index (χ2v) is 6.22. The summed E-state index contributed by atoms with van der Waals surface area (Å²) >= 11 is 0. The van der Waals surface area contributed by atoms with Crippen LogP contribution in [0.2, 0.25) is 0 Å². The van der Waals surface area contributed by atoms with Gasteiger partial charge in [0.1, 0.15) is 5.75 Å². The standard InChI is InChI=1S/C19H24N2O3/c1-24-16-10-7-14(8-11-16)9-12-18(22)17(13-20)19(23)21-15-5-3-2-4-6-15/h7-8,10-11,15,17H,2-6,9,12H2,1H3,(H,21,23)/t17-/m0/s1. The van der Waals surface area contributed by atoms with Gasteiger partial charge in [0.05, 0.1) is 13.2 Å². The van der Waals surface area contributed by atoms with Crippen LogP contribution < -0.4 is 10.1 Å². The van der Waals surface area contributed by atoms with Gasteiger partial charge in [0, 0.05) is 12.5 Å². The van der Waals surface area contributed by atoms with Crippen molar-refractivity contribution < 1.29 is 14.3 Å². The summed E-state index contributed by atoms with van der Waals surface area (Å²) in [6, 6.07) is 9.40. The maximum Gasteiger partial charge on any atom is 0.245 e. The maximum atomic E-state index is 12.2. The Balaban J connectivity index is 1.85. The molecule has 1 saturated carbocycles. The molecule has 2 rings (SSSR count). The number of aryl methyl sites for hydroxylation is 1. The largest absolute Gasteiger partial charge is 0.497 e. The van der Waals surface area contributed by atoms with Crippen molar-refractivity contribution in [1.29, 1.82) is 5.26 Å². The predicted molar refractivity (Wildman–Crippen MR) is 90.4 cm³/mol. The number of benzene rings is 1. The number of nitriles is 1. The van der Waals surface area contributed by atoms with Crippen LogP contribution in [0.3, 0.4) is 0 Å². The van der Waals surface area contributed by atoms with Gasteiger partial charge in [-0.1, -0.05) is 31.4 Å². The van der Waals surface area contributed by atoms with Gasteiger partial charge in [0.25, 0.3) is 0 Å². The van der Waals surface area contributed by atoms with Crippen LogP contribution in [0.4, 0.5) is 0 Å². The average molecular weight is 328 g/mol. The minimum atomic E-state index is -1.20. The van der Waals surface area contributed by atoms with Crippen molar-refractivity contribution in [2.75, 3.05) is 7.11 Å². The van der Waals surface area contributed by atoms with Crippen molar-refractivity contribution in [2.45, 2.75) is 51.0 Å². The third-order valence-corrected chi connectivity index (χ3v) is 4.48. The lowest BCUT2D eigenvalue weighted by Crippen LogP contribution is -2.42. The molecule has 1 amide bonds. The number of nitrogens with one attached hydrogen (secondary N) is 1. The molecule has 1 N–H and O–H groups in total. The number of hydrogen-bond donors (Lipinski definition) is 1. The summed E-state index contributed by atoms with van der Waals surface area (Å²) in [5.74, 6) is -1.21. The molecule has 5 nitrogen and oxygen atoms in total. The molecule has 24 heavy (non-hydrogen) atoms. The molecular weight excluding hydrogens is 304 g/mol. The van der Waals surface area contributed by atoms with E-state index in [4.69, 9.17) is 4.74 Å². The Bertz CT molecular complexity index is 598. The third-order valence-electron chi connectivity index (χ3n) is 4.48. The highest BCUT2D eigenvalue weighted by Gasteiger charge is 2.28. The van der Waals surface area contributed by atoms with E-state index in [1.165, 1.54) is 6.42 Å². The van der Waals surface area contributed by atoms with Gasteiger partial charge >= 0.3 is 0 Å². The van der Waals surface area contributed by atoms with Crippen molar-refractivity contribution in [2.24, 2.45) is 5.92 Å². The molecule has 128 valence electrons. The molecule has 0 saturated heterocycles. The second kappa shape index (κ2) is 9.07. The summed E-state index contributed by atoms with van der Waals surface area (Å²) in [7, 11) is 1.60. The van der Waals surface area contributed by atoms with Crippen LogP contribution in [0.25, 0.3) is 0 Å². The molecular formula is C19H24N2O3. The van der Waals surface area contributed by atoms with Crippen molar-refractivity contribution in [1.82, 2.24) is 5.32 Å². The topological polar surface area (TPSA) is 79.2 Å². The molecule has 1 aliphatic rings. The van der Waals surface area contributed by atoms with Gasteiger partial charge < -0.3 is 10.1 Å². The van der Waals surface area contributed by atoms with E-state index in [1.807, 2.05) is 30.3 Å². The summed E-state index contributed by atoms with van der Waals surface area (Å²) in [4.78, 5) is 24.5. The Hall–Kier alpha value is -2.35. The normalized spacial score (nSPS) is 16.0. The molecule has 1 aromatic carbocycles. The number of amides is 1. The smallest absolute Gasteiger partial charge is 0.245 e. The quantitative estimate of drug-likeness (QED) is 0.781. The Morgan fingerprint density at radius 2 is 1.92 bits per heavy atom. The van der Waals surface area contributed by atoms with Gasteiger partial charge in [-0.3, -0.25) is 9.59 Å². The minimum absolute atomic E-state index is 0.108. The minimum Gasteiger partial charge on any atom is -0.497 e. The molecule has 0 aliphatic heterocycles. The third kappa shape index (κ3) is 5.09. The zero-order valence-electron chi connectivity index (χ0n) is 14.1. The highest BCUT2D eigenvalue weighted by Crippen LogP contribution is 2.18. The fraction of sp³-hybridized carbons (Fsp3) is 0.526. The number of nitrogens with zero attached hydrogens (tertiary/aromatic N) is 1. The number of methoxy groups -OCH3 is 1. The predicted octanol–water partition coefficient (Wildman–Crippen LogP) is 2.79. The van der Waals surface area contributed by atoms with E-state index in [0.29, 0.717) is 6.42 Å². The van der Waals surface area contributed by atoms with E-state index < -0.39 is 11.8 Å². The van der Waals surface area contributed by atoms with Crippen LogP contribution in [-0.2, 0) is 16.0 Å². The number of ketones is 1. The highest BCUT2D eigenvalue weighted by molar-refractivity contribution is 6.04. The monoisotopic (exact) mass is 328 g/mol. The summed E-state index contributed by atoms with van der Waals surface area (Å²) in [5, 5.41) is 12.1. The SMILES string of the molecule is COc1ccc(CCC(=O)[C@H](C#N)C(=O)NC2CCCCC2)cc1. The molecule has 0 unspecified atom stereocenters. The first kappa shape index (κ1) is 18.0. The maximum absolute atomic E-state index is 12.2. The van der Waals surface area contributed by atoms with Gasteiger partial charge in [0.15, 0.2) is 11.7 Å². The van der Waals surface area contributed by atoms with Crippen molar-refractivity contribution >= 4 is 11.7 Å². The first-order valence-corrected chi connectivity index (χ1v) is 8.49. The van der Waals surface area contributed by atoms with Crippen LogP contribution in [0.1, 0.15) is 44.1 Å². The number of carbonyl (C=O) groups excluding carboxylic acids is 2. The molecule has 1 aliphatic carbocycles. The van der Waals surface area contributed by atoms with E-state index in [-0.39, 0.29) is 18.2 Å². The molecule has 0 bridgehead atoms. The van der Waals surface area contributed by atoms with Gasteiger partial charge in [-0.2, -0.15) is 5.26 Å². The van der Waals surface area contributed by atoms with Gasteiger partial charge in [-0.15, -0.1) is 0 Å². The molecule has 0 radical (unpaired) electrons. The van der Waals surface area contributed by atoms with Crippen molar-refractivity contribution in [3.8, 4) is 11.8 Å². The van der Waals surface area contributed by atoms with E-state index in [1.54, 1.807) is 7.11 Å². The van der Waals surface area contributed by atoms with Gasteiger partial charge in [0.2, 0.25) is 5.91 Å². The molecule has 1 fully saturated rings. The number of hydrogen-bond acceptors (Lipinski definition) is 4. The average Bonchev–Trinajstić information content (AvgIpc) is 2.62. The summed E-state index contributed by atoms with van der Waals surface area (Å²) < 4.78 is 5.09. The first-order valence-electron chi connectivity index (χ1n) is 8.49. The molecule has 1 atom stereocenters. The molecule has 0 spiro atoms. The highest BCUT2D eigenvalue weighted by atomic mass is 16.5. The Morgan fingerprint density at radius 3 is 2.50 bits per heavy atom. The first-order chi connectivity index (χ1) is 11.6. The zero-order chi connectivity index (χ0) is 17.4.